The molecule has 1 aromatic heterocycles. The predicted octanol–water partition coefficient (Wildman–Crippen LogP) is 5.26. The van der Waals surface area contributed by atoms with Gasteiger partial charge in [-0.25, -0.2) is 0 Å². The van der Waals surface area contributed by atoms with E-state index in [-0.39, 0.29) is 22.8 Å². The molecule has 3 aromatic carbocycles. The molecule has 0 bridgehead atoms. The van der Waals surface area contributed by atoms with E-state index in [4.69, 9.17) is 13.9 Å². The second-order valence-electron chi connectivity index (χ2n) is 7.18. The first-order valence-electron chi connectivity index (χ1n) is 10.3. The van der Waals surface area contributed by atoms with Crippen molar-refractivity contribution >= 4 is 22.6 Å². The summed E-state index contributed by atoms with van der Waals surface area (Å²) >= 11 is 0. The molecule has 1 unspecified atom stereocenters. The Kier molecular flexibility index (Phi) is 6.22. The van der Waals surface area contributed by atoms with E-state index in [1.165, 1.54) is 0 Å². The predicted molar refractivity (Wildman–Crippen MR) is 124 cm³/mol. The van der Waals surface area contributed by atoms with Gasteiger partial charge in [0.05, 0.1) is 12.5 Å². The molecular formula is C26H23NO5. The number of carbonyl (C=O) groups is 1. The van der Waals surface area contributed by atoms with Crippen LogP contribution in [0.1, 0.15) is 13.3 Å². The summed E-state index contributed by atoms with van der Waals surface area (Å²) < 4.78 is 17.3. The molecular weight excluding hydrogens is 406 g/mol. The first kappa shape index (κ1) is 21.2. The van der Waals surface area contributed by atoms with Crippen LogP contribution in [-0.4, -0.2) is 19.1 Å². The van der Waals surface area contributed by atoms with Crippen molar-refractivity contribution in [2.45, 2.75) is 19.4 Å². The lowest BCUT2D eigenvalue weighted by atomic mass is 10.1. The molecule has 0 fully saturated rings. The highest BCUT2D eigenvalue weighted by Crippen LogP contribution is 2.32. The van der Waals surface area contributed by atoms with E-state index in [2.05, 4.69) is 5.32 Å². The summed E-state index contributed by atoms with van der Waals surface area (Å²) in [5.41, 5.74) is 1.41. The Morgan fingerprint density at radius 3 is 2.34 bits per heavy atom. The zero-order chi connectivity index (χ0) is 22.5. The van der Waals surface area contributed by atoms with E-state index < -0.39 is 6.10 Å². The zero-order valence-electron chi connectivity index (χ0n) is 17.8. The molecule has 1 atom stereocenters. The van der Waals surface area contributed by atoms with Crippen LogP contribution >= 0.6 is 0 Å². The Hall–Kier alpha value is -4.06. The van der Waals surface area contributed by atoms with Crippen molar-refractivity contribution in [3.63, 3.8) is 0 Å². The van der Waals surface area contributed by atoms with Crippen molar-refractivity contribution in [1.29, 1.82) is 0 Å². The van der Waals surface area contributed by atoms with Crippen molar-refractivity contribution in [1.82, 2.24) is 0 Å². The van der Waals surface area contributed by atoms with E-state index in [0.717, 1.165) is 0 Å². The number of anilines is 1. The molecule has 0 radical (unpaired) electrons. The van der Waals surface area contributed by atoms with E-state index >= 15 is 0 Å². The minimum absolute atomic E-state index is 0.00364. The summed E-state index contributed by atoms with van der Waals surface area (Å²) in [6.07, 6.45) is -0.510. The lowest BCUT2D eigenvalue weighted by Gasteiger charge is -2.19. The van der Waals surface area contributed by atoms with Crippen LogP contribution in [0.3, 0.4) is 0 Å². The van der Waals surface area contributed by atoms with Gasteiger partial charge < -0.3 is 19.2 Å². The fourth-order valence-corrected chi connectivity index (χ4v) is 3.37. The maximum Gasteiger partial charge on any atom is 0.265 e. The van der Waals surface area contributed by atoms with Crippen LogP contribution < -0.4 is 20.2 Å². The third kappa shape index (κ3) is 4.34. The smallest absolute Gasteiger partial charge is 0.265 e. The Morgan fingerprint density at radius 1 is 0.969 bits per heavy atom. The SMILES string of the molecule is CCC(Oc1c(-c2ccc(OC)cc2)oc2ccccc2c1=O)C(=O)Nc1ccccc1. The molecule has 4 aromatic rings. The molecule has 0 aliphatic carbocycles. The van der Waals surface area contributed by atoms with Crippen molar-refractivity contribution in [2.24, 2.45) is 0 Å². The summed E-state index contributed by atoms with van der Waals surface area (Å²) in [6.45, 7) is 1.82. The highest BCUT2D eigenvalue weighted by molar-refractivity contribution is 5.94. The van der Waals surface area contributed by atoms with Crippen LogP contribution in [0.15, 0.2) is 88.1 Å². The van der Waals surface area contributed by atoms with Crippen LogP contribution in [0.25, 0.3) is 22.3 Å². The minimum Gasteiger partial charge on any atom is -0.497 e. The average Bonchev–Trinajstić information content (AvgIpc) is 2.84. The number of ether oxygens (including phenoxy) is 2. The number of hydrogen-bond acceptors (Lipinski definition) is 5. The second-order valence-corrected chi connectivity index (χ2v) is 7.18. The van der Waals surface area contributed by atoms with E-state index in [9.17, 15) is 9.59 Å². The summed E-state index contributed by atoms with van der Waals surface area (Å²) in [6, 6.07) is 23.2. The Balaban J connectivity index is 1.76. The van der Waals surface area contributed by atoms with Crippen molar-refractivity contribution in [3.05, 3.63) is 89.1 Å². The lowest BCUT2D eigenvalue weighted by molar-refractivity contribution is -0.122. The van der Waals surface area contributed by atoms with Gasteiger partial charge in [-0.05, 0) is 55.0 Å². The van der Waals surface area contributed by atoms with Crippen LogP contribution in [0.4, 0.5) is 5.69 Å². The second kappa shape index (κ2) is 9.39. The van der Waals surface area contributed by atoms with Crippen LogP contribution in [0, 0.1) is 0 Å². The van der Waals surface area contributed by atoms with Gasteiger partial charge in [-0.1, -0.05) is 37.3 Å². The van der Waals surface area contributed by atoms with Gasteiger partial charge in [-0.2, -0.15) is 0 Å². The average molecular weight is 429 g/mol. The molecule has 0 saturated heterocycles. The maximum atomic E-state index is 13.3. The number of fused-ring (bicyclic) bond motifs is 1. The quantitative estimate of drug-likeness (QED) is 0.433. The molecule has 32 heavy (non-hydrogen) atoms. The Morgan fingerprint density at radius 2 is 1.66 bits per heavy atom. The molecule has 0 aliphatic rings. The van der Waals surface area contributed by atoms with Gasteiger partial charge in [0, 0.05) is 11.3 Å². The molecule has 6 heteroatoms. The van der Waals surface area contributed by atoms with Gasteiger partial charge >= 0.3 is 0 Å². The highest BCUT2D eigenvalue weighted by Gasteiger charge is 2.25. The normalized spacial score (nSPS) is 11.7. The summed E-state index contributed by atoms with van der Waals surface area (Å²) in [7, 11) is 1.58. The standard InChI is InChI=1S/C26H23NO5/c1-3-21(26(29)27-18-9-5-4-6-10-18)31-25-23(28)20-11-7-8-12-22(20)32-24(25)17-13-15-19(30-2)16-14-17/h4-16,21H,3H2,1-2H3,(H,27,29). The van der Waals surface area contributed by atoms with Gasteiger partial charge in [0.15, 0.2) is 11.9 Å². The van der Waals surface area contributed by atoms with Gasteiger partial charge in [-0.15, -0.1) is 0 Å². The third-order valence-corrected chi connectivity index (χ3v) is 5.07. The summed E-state index contributed by atoms with van der Waals surface area (Å²) in [5.74, 6) is 0.603. The van der Waals surface area contributed by atoms with Gasteiger partial charge in [0.2, 0.25) is 11.2 Å². The number of carbonyl (C=O) groups excluding carboxylic acids is 1. The molecule has 6 nitrogen and oxygen atoms in total. The van der Waals surface area contributed by atoms with E-state index in [1.54, 1.807) is 67.8 Å². The summed E-state index contributed by atoms with van der Waals surface area (Å²) in [5, 5.41) is 3.22. The molecule has 4 rings (SSSR count). The minimum atomic E-state index is -0.878. The van der Waals surface area contributed by atoms with Gasteiger partial charge in [0.1, 0.15) is 11.3 Å². The van der Waals surface area contributed by atoms with Crippen molar-refractivity contribution in [2.75, 3.05) is 12.4 Å². The maximum absolute atomic E-state index is 13.3. The third-order valence-electron chi connectivity index (χ3n) is 5.07. The number of benzene rings is 3. The molecule has 1 N–H and O–H groups in total. The zero-order valence-corrected chi connectivity index (χ0v) is 17.8. The first-order valence-corrected chi connectivity index (χ1v) is 10.3. The molecule has 1 heterocycles. The molecule has 0 aliphatic heterocycles. The molecule has 0 spiro atoms. The van der Waals surface area contributed by atoms with E-state index in [1.807, 2.05) is 25.1 Å². The number of amides is 1. The van der Waals surface area contributed by atoms with Crippen LogP contribution in [0.2, 0.25) is 0 Å². The highest BCUT2D eigenvalue weighted by atomic mass is 16.5. The number of methoxy groups -OCH3 is 1. The monoisotopic (exact) mass is 429 g/mol. The fraction of sp³-hybridized carbons (Fsp3) is 0.154. The van der Waals surface area contributed by atoms with Crippen molar-refractivity contribution in [3.8, 4) is 22.8 Å². The van der Waals surface area contributed by atoms with Crippen molar-refractivity contribution < 1.29 is 18.7 Å². The lowest BCUT2D eigenvalue weighted by Crippen LogP contribution is -2.34. The van der Waals surface area contributed by atoms with Crippen LogP contribution in [0.5, 0.6) is 11.5 Å². The number of para-hydroxylation sites is 2. The number of hydrogen-bond donors (Lipinski definition) is 1. The molecule has 162 valence electrons. The summed E-state index contributed by atoms with van der Waals surface area (Å²) in [4.78, 5) is 26.2. The fourth-order valence-electron chi connectivity index (χ4n) is 3.37. The molecule has 0 saturated carbocycles. The molecule has 1 amide bonds. The largest absolute Gasteiger partial charge is 0.497 e. The van der Waals surface area contributed by atoms with Gasteiger partial charge in [0.25, 0.3) is 5.91 Å². The van der Waals surface area contributed by atoms with Crippen LogP contribution in [-0.2, 0) is 4.79 Å². The Labute approximate surface area is 185 Å². The topological polar surface area (TPSA) is 77.8 Å². The number of nitrogens with one attached hydrogen (secondary N) is 1. The van der Waals surface area contributed by atoms with E-state index in [0.29, 0.717) is 34.4 Å². The number of rotatable bonds is 7. The Bertz CT molecular complexity index is 1280. The van der Waals surface area contributed by atoms with Gasteiger partial charge in [-0.3, -0.25) is 9.59 Å². The first-order chi connectivity index (χ1) is 15.6.